The molecule has 0 radical (unpaired) electrons. The van der Waals surface area contributed by atoms with Crippen molar-refractivity contribution < 1.29 is 27.9 Å². The van der Waals surface area contributed by atoms with Gasteiger partial charge in [-0.15, -0.1) is 0 Å². The summed E-state index contributed by atoms with van der Waals surface area (Å²) in [5.74, 6) is -0.535. The summed E-state index contributed by atoms with van der Waals surface area (Å²) in [6.45, 7) is -0.0917. The summed E-state index contributed by atoms with van der Waals surface area (Å²) in [7, 11) is 0. The lowest BCUT2D eigenvalue weighted by atomic mass is 10.1. The molecule has 0 bridgehead atoms. The van der Waals surface area contributed by atoms with Crippen LogP contribution in [0.5, 0.6) is 0 Å². The van der Waals surface area contributed by atoms with Gasteiger partial charge in [-0.3, -0.25) is 4.79 Å². The topological polar surface area (TPSA) is 107 Å². The fourth-order valence-corrected chi connectivity index (χ4v) is 2.67. The Hall–Kier alpha value is -3.11. The first-order chi connectivity index (χ1) is 12.3. The summed E-state index contributed by atoms with van der Waals surface area (Å²) in [4.78, 5) is 23.7. The number of fused-ring (bicyclic) bond motifs is 1. The first kappa shape index (κ1) is 17.7. The zero-order chi connectivity index (χ0) is 18.9. The Labute approximate surface area is 145 Å². The molecule has 0 atom stereocenters. The van der Waals surface area contributed by atoms with Gasteiger partial charge in [0.05, 0.1) is 36.2 Å². The number of hydrogen-bond donors (Lipinski definition) is 3. The standard InChI is InChI=1S/C15H14F3N5O3/c16-15(17,18)11-2-1-8-3-20-21-4-10(8)13(11)19-5-12(24)22-9-6-23(7-9)14(25)26/h1-4,9,19H,5-7H2,(H,22,24)(H,25,26). The van der Waals surface area contributed by atoms with Crippen LogP contribution in [0.3, 0.4) is 0 Å². The number of aromatic nitrogens is 2. The van der Waals surface area contributed by atoms with Crippen LogP contribution in [0.2, 0.25) is 0 Å². The zero-order valence-electron chi connectivity index (χ0n) is 13.2. The highest BCUT2D eigenvalue weighted by molar-refractivity contribution is 5.96. The maximum absolute atomic E-state index is 13.3. The molecule has 1 aromatic carbocycles. The van der Waals surface area contributed by atoms with E-state index in [0.29, 0.717) is 5.39 Å². The molecule has 1 aliphatic rings. The van der Waals surface area contributed by atoms with Gasteiger partial charge in [0, 0.05) is 23.9 Å². The number of benzene rings is 1. The summed E-state index contributed by atoms with van der Waals surface area (Å²) in [5.41, 5.74) is -1.16. The number of rotatable bonds is 4. The van der Waals surface area contributed by atoms with Gasteiger partial charge in [0.15, 0.2) is 0 Å². The molecule has 1 aromatic heterocycles. The molecule has 0 spiro atoms. The molecule has 0 unspecified atom stereocenters. The van der Waals surface area contributed by atoms with E-state index in [4.69, 9.17) is 5.11 Å². The minimum absolute atomic E-state index is 0.152. The summed E-state index contributed by atoms with van der Waals surface area (Å²) in [6.07, 6.45) is -3.16. The first-order valence-electron chi connectivity index (χ1n) is 7.57. The van der Waals surface area contributed by atoms with Crippen LogP contribution in [0.1, 0.15) is 5.56 Å². The van der Waals surface area contributed by atoms with Crippen molar-refractivity contribution in [3.05, 3.63) is 30.1 Å². The Morgan fingerprint density at radius 2 is 1.92 bits per heavy atom. The van der Waals surface area contributed by atoms with E-state index in [1.54, 1.807) is 0 Å². The molecule has 1 saturated heterocycles. The molecule has 3 rings (SSSR count). The van der Waals surface area contributed by atoms with Crippen LogP contribution in [-0.2, 0) is 11.0 Å². The van der Waals surface area contributed by atoms with Crippen molar-refractivity contribution in [2.24, 2.45) is 0 Å². The van der Waals surface area contributed by atoms with Gasteiger partial charge >= 0.3 is 12.3 Å². The number of alkyl halides is 3. The molecule has 0 saturated carbocycles. The van der Waals surface area contributed by atoms with Gasteiger partial charge in [-0.05, 0) is 6.07 Å². The molecule has 0 aliphatic carbocycles. The van der Waals surface area contributed by atoms with Gasteiger partial charge in [0.1, 0.15) is 0 Å². The highest BCUT2D eigenvalue weighted by Crippen LogP contribution is 2.38. The number of amides is 2. The van der Waals surface area contributed by atoms with Crippen molar-refractivity contribution in [1.29, 1.82) is 0 Å². The third-order valence-corrected chi connectivity index (χ3v) is 3.98. The number of carbonyl (C=O) groups is 2. The van der Waals surface area contributed by atoms with E-state index in [1.165, 1.54) is 18.5 Å². The number of carbonyl (C=O) groups excluding carboxylic acids is 1. The van der Waals surface area contributed by atoms with Crippen LogP contribution < -0.4 is 10.6 Å². The lowest BCUT2D eigenvalue weighted by Crippen LogP contribution is -2.61. The minimum atomic E-state index is -4.60. The summed E-state index contributed by atoms with van der Waals surface area (Å²) < 4.78 is 39.8. The van der Waals surface area contributed by atoms with Crippen LogP contribution in [0, 0.1) is 0 Å². The van der Waals surface area contributed by atoms with Gasteiger partial charge in [0.2, 0.25) is 5.91 Å². The smallest absolute Gasteiger partial charge is 0.418 e. The number of halogens is 3. The van der Waals surface area contributed by atoms with E-state index in [-0.39, 0.29) is 30.2 Å². The SMILES string of the molecule is O=C(CNc1c(C(F)(F)F)ccc2cnncc12)NC1CN(C(=O)O)C1. The predicted molar refractivity (Wildman–Crippen MR) is 84.6 cm³/mol. The maximum atomic E-state index is 13.3. The van der Waals surface area contributed by atoms with Gasteiger partial charge in [0.25, 0.3) is 0 Å². The molecule has 1 aliphatic heterocycles. The molecule has 1 fully saturated rings. The van der Waals surface area contributed by atoms with Crippen molar-refractivity contribution in [3.63, 3.8) is 0 Å². The summed E-state index contributed by atoms with van der Waals surface area (Å²) in [5, 5.41) is 21.7. The summed E-state index contributed by atoms with van der Waals surface area (Å²) >= 11 is 0. The maximum Gasteiger partial charge on any atom is 0.418 e. The lowest BCUT2D eigenvalue weighted by Gasteiger charge is -2.37. The van der Waals surface area contributed by atoms with Crippen molar-refractivity contribution in [1.82, 2.24) is 20.4 Å². The van der Waals surface area contributed by atoms with Gasteiger partial charge < -0.3 is 20.6 Å². The van der Waals surface area contributed by atoms with Crippen molar-refractivity contribution in [3.8, 4) is 0 Å². The molecule has 11 heteroatoms. The molecular weight excluding hydrogens is 355 g/mol. The quantitative estimate of drug-likeness (QED) is 0.755. The minimum Gasteiger partial charge on any atom is -0.465 e. The first-order valence-corrected chi connectivity index (χ1v) is 7.57. The van der Waals surface area contributed by atoms with Crippen molar-refractivity contribution >= 4 is 28.5 Å². The second-order valence-corrected chi connectivity index (χ2v) is 5.78. The van der Waals surface area contributed by atoms with E-state index < -0.39 is 30.3 Å². The van der Waals surface area contributed by atoms with Gasteiger partial charge in [-0.25, -0.2) is 4.79 Å². The zero-order valence-corrected chi connectivity index (χ0v) is 13.2. The van der Waals surface area contributed by atoms with Crippen LogP contribution in [-0.4, -0.2) is 57.9 Å². The summed E-state index contributed by atoms with van der Waals surface area (Å²) in [6, 6.07) is 1.86. The molecule has 138 valence electrons. The molecule has 2 aromatic rings. The Balaban J connectivity index is 1.72. The second kappa shape index (κ2) is 6.65. The number of nitrogens with one attached hydrogen (secondary N) is 2. The fourth-order valence-electron chi connectivity index (χ4n) is 2.67. The lowest BCUT2D eigenvalue weighted by molar-refractivity contribution is -0.137. The Bertz CT molecular complexity index is 852. The number of nitrogens with zero attached hydrogens (tertiary/aromatic N) is 3. The van der Waals surface area contributed by atoms with Crippen LogP contribution in [0.4, 0.5) is 23.7 Å². The third-order valence-electron chi connectivity index (χ3n) is 3.98. The van der Waals surface area contributed by atoms with Gasteiger partial charge in [-0.1, -0.05) is 6.07 Å². The van der Waals surface area contributed by atoms with Crippen molar-refractivity contribution in [2.75, 3.05) is 25.0 Å². The fraction of sp³-hybridized carbons (Fsp3) is 0.333. The number of carboxylic acid groups (broad SMARTS) is 1. The largest absolute Gasteiger partial charge is 0.465 e. The molecule has 8 nitrogen and oxygen atoms in total. The van der Waals surface area contributed by atoms with E-state index in [9.17, 15) is 22.8 Å². The molecule has 2 amide bonds. The van der Waals surface area contributed by atoms with E-state index in [1.807, 2.05) is 0 Å². The number of likely N-dealkylation sites (tertiary alicyclic amines) is 1. The Morgan fingerprint density at radius 3 is 2.58 bits per heavy atom. The second-order valence-electron chi connectivity index (χ2n) is 5.78. The number of hydrogen-bond acceptors (Lipinski definition) is 5. The van der Waals surface area contributed by atoms with E-state index in [0.717, 1.165) is 11.0 Å². The predicted octanol–water partition coefficient (Wildman–Crippen LogP) is 1.54. The number of anilines is 1. The average molecular weight is 369 g/mol. The highest BCUT2D eigenvalue weighted by atomic mass is 19.4. The molecule has 26 heavy (non-hydrogen) atoms. The van der Waals surface area contributed by atoms with E-state index >= 15 is 0 Å². The van der Waals surface area contributed by atoms with Crippen molar-refractivity contribution in [2.45, 2.75) is 12.2 Å². The third kappa shape index (κ3) is 3.60. The van der Waals surface area contributed by atoms with Crippen LogP contribution >= 0.6 is 0 Å². The van der Waals surface area contributed by atoms with E-state index in [2.05, 4.69) is 20.8 Å². The average Bonchev–Trinajstić information content (AvgIpc) is 2.54. The van der Waals surface area contributed by atoms with Crippen LogP contribution in [0.15, 0.2) is 24.5 Å². The van der Waals surface area contributed by atoms with Crippen LogP contribution in [0.25, 0.3) is 10.8 Å². The van der Waals surface area contributed by atoms with Gasteiger partial charge in [-0.2, -0.15) is 23.4 Å². The molecule has 3 N–H and O–H groups in total. The Morgan fingerprint density at radius 1 is 1.23 bits per heavy atom. The normalized spacial score (nSPS) is 14.8. The Kier molecular flexibility index (Phi) is 4.53. The molecule has 2 heterocycles. The monoisotopic (exact) mass is 369 g/mol. The molecular formula is C15H14F3N5O3. The highest BCUT2D eigenvalue weighted by Gasteiger charge is 2.35.